The molecular formula is C14H13N2+. The fourth-order valence-corrected chi connectivity index (χ4v) is 2.05. The lowest BCUT2D eigenvalue weighted by molar-refractivity contribution is -0.720. The zero-order valence-corrected chi connectivity index (χ0v) is 9.17. The molecule has 0 N–H and O–H groups in total. The van der Waals surface area contributed by atoms with Crippen LogP contribution >= 0.6 is 0 Å². The highest BCUT2D eigenvalue weighted by Gasteiger charge is 2.12. The zero-order chi connectivity index (χ0) is 11.0. The Morgan fingerprint density at radius 2 is 1.56 bits per heavy atom. The van der Waals surface area contributed by atoms with Crippen molar-refractivity contribution in [2.75, 3.05) is 0 Å². The van der Waals surface area contributed by atoms with E-state index in [1.807, 2.05) is 6.07 Å². The number of para-hydroxylation sites is 2. The van der Waals surface area contributed by atoms with Gasteiger partial charge >= 0.3 is 0 Å². The van der Waals surface area contributed by atoms with Crippen LogP contribution in [0.4, 0.5) is 0 Å². The van der Waals surface area contributed by atoms with Gasteiger partial charge in [0.15, 0.2) is 7.05 Å². The number of hydrogen-bond donors (Lipinski definition) is 0. The van der Waals surface area contributed by atoms with Crippen LogP contribution in [0.15, 0.2) is 60.8 Å². The van der Waals surface area contributed by atoms with Crippen LogP contribution in [0.1, 0.15) is 0 Å². The molecule has 0 radical (unpaired) electrons. The van der Waals surface area contributed by atoms with E-state index in [1.54, 1.807) is 0 Å². The van der Waals surface area contributed by atoms with Crippen LogP contribution in [0.25, 0.3) is 16.6 Å². The van der Waals surface area contributed by atoms with Gasteiger partial charge in [-0.3, -0.25) is 0 Å². The molecular weight excluding hydrogens is 196 g/mol. The van der Waals surface area contributed by atoms with Gasteiger partial charge in [0.05, 0.1) is 11.6 Å². The molecule has 1 heterocycles. The molecule has 0 saturated heterocycles. The Morgan fingerprint density at radius 3 is 2.31 bits per heavy atom. The molecule has 0 bridgehead atoms. The topological polar surface area (TPSA) is 8.81 Å². The molecule has 0 unspecified atom stereocenters. The SMILES string of the molecule is C[n+]1c2ccccc2cn1-c1ccccc1. The molecule has 2 aromatic carbocycles. The van der Waals surface area contributed by atoms with E-state index in [1.165, 1.54) is 16.6 Å². The third kappa shape index (κ3) is 1.31. The van der Waals surface area contributed by atoms with Gasteiger partial charge in [-0.05, 0) is 18.2 Å². The van der Waals surface area contributed by atoms with E-state index in [0.717, 1.165) is 0 Å². The van der Waals surface area contributed by atoms with E-state index in [0.29, 0.717) is 0 Å². The van der Waals surface area contributed by atoms with Gasteiger partial charge in [-0.1, -0.05) is 30.3 Å². The van der Waals surface area contributed by atoms with Gasteiger partial charge in [-0.25, -0.2) is 0 Å². The smallest absolute Gasteiger partial charge is 0.128 e. The molecule has 0 aliphatic rings. The Hall–Kier alpha value is -2.09. The van der Waals surface area contributed by atoms with E-state index in [4.69, 9.17) is 0 Å². The number of hydrogen-bond acceptors (Lipinski definition) is 0. The molecule has 2 heteroatoms. The molecule has 0 amide bonds. The largest absolute Gasteiger partial charge is 0.238 e. The van der Waals surface area contributed by atoms with Crippen LogP contribution in [0.2, 0.25) is 0 Å². The summed E-state index contributed by atoms with van der Waals surface area (Å²) in [6.45, 7) is 0. The third-order valence-electron chi connectivity index (χ3n) is 2.89. The van der Waals surface area contributed by atoms with Crippen molar-refractivity contribution in [3.8, 4) is 5.69 Å². The molecule has 78 valence electrons. The van der Waals surface area contributed by atoms with Crippen molar-refractivity contribution in [2.45, 2.75) is 0 Å². The van der Waals surface area contributed by atoms with Crippen LogP contribution in [-0.4, -0.2) is 4.68 Å². The molecule has 1 aromatic heterocycles. The normalized spacial score (nSPS) is 10.8. The predicted octanol–water partition coefficient (Wildman–Crippen LogP) is 2.46. The quantitative estimate of drug-likeness (QED) is 0.544. The van der Waals surface area contributed by atoms with Gasteiger partial charge in [-0.15, -0.1) is 9.36 Å². The highest BCUT2D eigenvalue weighted by atomic mass is 15.4. The lowest BCUT2D eigenvalue weighted by Gasteiger charge is -1.98. The van der Waals surface area contributed by atoms with Crippen LogP contribution in [0, 0.1) is 0 Å². The summed E-state index contributed by atoms with van der Waals surface area (Å²) in [5, 5.41) is 1.26. The van der Waals surface area contributed by atoms with Crippen molar-refractivity contribution in [3.05, 3.63) is 60.8 Å². The maximum absolute atomic E-state index is 2.16. The summed E-state index contributed by atoms with van der Waals surface area (Å²) in [4.78, 5) is 0. The maximum Gasteiger partial charge on any atom is 0.238 e. The molecule has 0 spiro atoms. The standard InChI is InChI=1S/C14H13N2/c1-15-14-10-6-5-7-12(14)11-16(15)13-8-3-2-4-9-13/h2-11H,1H3/q+1. The van der Waals surface area contributed by atoms with Crippen LogP contribution in [0.5, 0.6) is 0 Å². The van der Waals surface area contributed by atoms with Crippen molar-refractivity contribution in [2.24, 2.45) is 7.05 Å². The first-order chi connectivity index (χ1) is 7.86. The predicted molar refractivity (Wildman–Crippen MR) is 64.5 cm³/mol. The second kappa shape index (κ2) is 3.49. The Morgan fingerprint density at radius 1 is 0.875 bits per heavy atom. The average molecular weight is 209 g/mol. The van der Waals surface area contributed by atoms with E-state index in [-0.39, 0.29) is 0 Å². The van der Waals surface area contributed by atoms with Gasteiger partial charge in [0.2, 0.25) is 5.52 Å². The van der Waals surface area contributed by atoms with Gasteiger partial charge in [0.1, 0.15) is 5.69 Å². The summed E-state index contributed by atoms with van der Waals surface area (Å²) in [5.41, 5.74) is 2.42. The van der Waals surface area contributed by atoms with Gasteiger partial charge in [0, 0.05) is 6.07 Å². The fourth-order valence-electron chi connectivity index (χ4n) is 2.05. The Labute approximate surface area is 94.4 Å². The number of aromatic nitrogens is 2. The number of fused-ring (bicyclic) bond motifs is 1. The molecule has 3 aromatic rings. The molecule has 2 nitrogen and oxygen atoms in total. The molecule has 0 atom stereocenters. The van der Waals surface area contributed by atoms with E-state index >= 15 is 0 Å². The van der Waals surface area contributed by atoms with Crippen molar-refractivity contribution in [1.82, 2.24) is 4.68 Å². The molecule has 0 aliphatic heterocycles. The van der Waals surface area contributed by atoms with E-state index < -0.39 is 0 Å². The number of nitrogens with zero attached hydrogens (tertiary/aromatic N) is 2. The summed E-state index contributed by atoms with van der Waals surface area (Å²) < 4.78 is 4.31. The second-order valence-electron chi connectivity index (χ2n) is 3.89. The lowest BCUT2D eigenvalue weighted by atomic mass is 10.3. The summed E-state index contributed by atoms with van der Waals surface area (Å²) in [6, 6.07) is 18.8. The zero-order valence-electron chi connectivity index (χ0n) is 9.17. The summed E-state index contributed by atoms with van der Waals surface area (Å²) in [7, 11) is 2.08. The first-order valence-corrected chi connectivity index (χ1v) is 5.38. The summed E-state index contributed by atoms with van der Waals surface area (Å²) in [6.07, 6.45) is 2.16. The summed E-state index contributed by atoms with van der Waals surface area (Å²) in [5.74, 6) is 0. The van der Waals surface area contributed by atoms with E-state index in [2.05, 4.69) is 71.1 Å². The molecule has 0 saturated carbocycles. The molecule has 0 aliphatic carbocycles. The van der Waals surface area contributed by atoms with Gasteiger partial charge in [-0.2, -0.15) is 0 Å². The van der Waals surface area contributed by atoms with Crippen molar-refractivity contribution >= 4 is 10.9 Å². The van der Waals surface area contributed by atoms with E-state index in [9.17, 15) is 0 Å². The van der Waals surface area contributed by atoms with Crippen LogP contribution in [-0.2, 0) is 7.05 Å². The molecule has 3 rings (SSSR count). The highest BCUT2D eigenvalue weighted by molar-refractivity contribution is 5.75. The monoisotopic (exact) mass is 209 g/mol. The average Bonchev–Trinajstić information content (AvgIpc) is 2.69. The lowest BCUT2D eigenvalue weighted by Crippen LogP contribution is -2.37. The molecule has 0 fully saturated rings. The minimum atomic E-state index is 1.18. The Bertz CT molecular complexity index is 624. The van der Waals surface area contributed by atoms with Crippen molar-refractivity contribution in [1.29, 1.82) is 0 Å². The maximum atomic E-state index is 2.16. The minimum Gasteiger partial charge on any atom is -0.128 e. The van der Waals surface area contributed by atoms with Gasteiger partial charge in [0.25, 0.3) is 0 Å². The van der Waals surface area contributed by atoms with Gasteiger partial charge < -0.3 is 0 Å². The first-order valence-electron chi connectivity index (χ1n) is 5.38. The highest BCUT2D eigenvalue weighted by Crippen LogP contribution is 2.12. The van der Waals surface area contributed by atoms with Crippen LogP contribution in [0.3, 0.4) is 0 Å². The second-order valence-corrected chi connectivity index (χ2v) is 3.89. The number of aryl methyl sites for hydroxylation is 1. The van der Waals surface area contributed by atoms with Crippen molar-refractivity contribution < 1.29 is 4.68 Å². The summed E-state index contributed by atoms with van der Waals surface area (Å²) >= 11 is 0. The van der Waals surface area contributed by atoms with Crippen molar-refractivity contribution in [3.63, 3.8) is 0 Å². The minimum absolute atomic E-state index is 1.18. The Balaban J connectivity index is 2.29. The number of benzene rings is 2. The molecule has 16 heavy (non-hydrogen) atoms. The number of rotatable bonds is 1. The van der Waals surface area contributed by atoms with Crippen LogP contribution < -0.4 is 4.68 Å². The first kappa shape index (κ1) is 9.16. The Kier molecular flexibility index (Phi) is 2.00. The fraction of sp³-hybridized carbons (Fsp3) is 0.0714. The third-order valence-corrected chi connectivity index (χ3v) is 2.89.